The van der Waals surface area contributed by atoms with E-state index in [0.717, 1.165) is 32.2 Å². The zero-order chi connectivity index (χ0) is 27.8. The van der Waals surface area contributed by atoms with Gasteiger partial charge >= 0.3 is 6.01 Å². The number of hydrogen-bond acceptors (Lipinski definition) is 7. The molecule has 2 unspecified atom stereocenters. The summed E-state index contributed by atoms with van der Waals surface area (Å²) in [6, 6.07) is 3.83. The second-order valence-corrected chi connectivity index (χ2v) is 12.4. The van der Waals surface area contributed by atoms with Gasteiger partial charge in [-0.05, 0) is 64.4 Å². The predicted octanol–water partition coefficient (Wildman–Crippen LogP) is 5.07. The summed E-state index contributed by atoms with van der Waals surface area (Å²) in [4.78, 5) is 13.6. The molecule has 2 aliphatic heterocycles. The fraction of sp³-hybridized carbons (Fsp3) is 0.483. The molecule has 4 heterocycles. The van der Waals surface area contributed by atoms with Crippen molar-refractivity contribution in [2.24, 2.45) is 5.41 Å². The van der Waals surface area contributed by atoms with Crippen LogP contribution in [0.3, 0.4) is 0 Å². The van der Waals surface area contributed by atoms with Crippen molar-refractivity contribution in [3.8, 4) is 17.1 Å². The first-order valence-electron chi connectivity index (χ1n) is 13.8. The van der Waals surface area contributed by atoms with Crippen LogP contribution in [0.2, 0.25) is 5.02 Å². The van der Waals surface area contributed by atoms with Gasteiger partial charge in [-0.15, -0.1) is 0 Å². The van der Waals surface area contributed by atoms with E-state index in [2.05, 4.69) is 30.3 Å². The summed E-state index contributed by atoms with van der Waals surface area (Å²) in [5, 5.41) is 11.9. The number of fused-ring (bicyclic) bond motifs is 4. The van der Waals surface area contributed by atoms with Crippen LogP contribution in [-0.2, 0) is 0 Å². The number of anilines is 1. The average molecular weight is 568 g/mol. The molecule has 1 saturated carbocycles. The number of nitrogens with zero attached hydrogens (tertiary/aromatic N) is 5. The molecule has 210 valence electrons. The van der Waals surface area contributed by atoms with Crippen molar-refractivity contribution in [3.63, 3.8) is 0 Å². The standard InChI is InChI=1S/C29H32ClF2N7O/c1-15-20(30)9-22-19(10-33-37-22)23(15)24-21(31)8-18-26(25(24)32)35-28(40-14-29(6-7-29)13-38(2)3)36-27(18)39-11-16-4-5-17(12-39)34-16/h8-10,16-17,34H,4-7,11-14H2,1-3H3,(H,33,37). The van der Waals surface area contributed by atoms with Gasteiger partial charge in [-0.2, -0.15) is 15.1 Å². The molecule has 8 nitrogen and oxygen atoms in total. The van der Waals surface area contributed by atoms with Crippen molar-refractivity contribution >= 4 is 39.2 Å². The minimum Gasteiger partial charge on any atom is -0.463 e. The Labute approximate surface area is 236 Å². The molecule has 2 aromatic carbocycles. The monoisotopic (exact) mass is 567 g/mol. The summed E-state index contributed by atoms with van der Waals surface area (Å²) < 4.78 is 38.8. The maximum Gasteiger partial charge on any atom is 0.319 e. The number of rotatable bonds is 7. The lowest BCUT2D eigenvalue weighted by Crippen LogP contribution is -2.51. The van der Waals surface area contributed by atoms with Crippen LogP contribution < -0.4 is 15.0 Å². The molecule has 2 saturated heterocycles. The number of nitrogens with one attached hydrogen (secondary N) is 2. The topological polar surface area (TPSA) is 82.2 Å². The molecule has 0 radical (unpaired) electrons. The molecule has 2 atom stereocenters. The molecule has 2 bridgehead atoms. The molecule has 7 rings (SSSR count). The van der Waals surface area contributed by atoms with Crippen LogP contribution in [0.4, 0.5) is 14.6 Å². The summed E-state index contributed by atoms with van der Waals surface area (Å²) in [6.07, 6.45) is 5.83. The van der Waals surface area contributed by atoms with Gasteiger partial charge in [-0.1, -0.05) is 11.6 Å². The number of halogens is 3. The lowest BCUT2D eigenvalue weighted by Gasteiger charge is -2.34. The third kappa shape index (κ3) is 4.37. The summed E-state index contributed by atoms with van der Waals surface area (Å²) in [5.41, 5.74) is 1.43. The van der Waals surface area contributed by atoms with Gasteiger partial charge < -0.3 is 19.9 Å². The highest BCUT2D eigenvalue weighted by Gasteiger charge is 2.44. The van der Waals surface area contributed by atoms with E-state index >= 15 is 8.78 Å². The Morgan fingerprint density at radius 3 is 2.55 bits per heavy atom. The van der Waals surface area contributed by atoms with E-state index in [9.17, 15) is 0 Å². The van der Waals surface area contributed by atoms with Crippen molar-refractivity contribution in [2.75, 3.05) is 45.2 Å². The Bertz CT molecular complexity index is 1620. The summed E-state index contributed by atoms with van der Waals surface area (Å²) in [7, 11) is 4.09. The van der Waals surface area contributed by atoms with Crippen molar-refractivity contribution in [2.45, 2.75) is 44.7 Å². The number of H-pyrrole nitrogens is 1. The molecule has 3 aliphatic rings. The van der Waals surface area contributed by atoms with Gasteiger partial charge in [0.15, 0.2) is 5.82 Å². The van der Waals surface area contributed by atoms with E-state index < -0.39 is 11.6 Å². The van der Waals surface area contributed by atoms with E-state index in [1.807, 2.05) is 14.1 Å². The number of hydrogen-bond donors (Lipinski definition) is 2. The summed E-state index contributed by atoms with van der Waals surface area (Å²) >= 11 is 6.48. The molecule has 11 heteroatoms. The Hall–Kier alpha value is -3.08. The number of aromatic nitrogens is 4. The van der Waals surface area contributed by atoms with E-state index in [1.165, 1.54) is 6.07 Å². The van der Waals surface area contributed by atoms with E-state index in [-0.39, 0.29) is 22.5 Å². The van der Waals surface area contributed by atoms with Crippen LogP contribution >= 0.6 is 11.6 Å². The second kappa shape index (κ2) is 9.49. The van der Waals surface area contributed by atoms with Gasteiger partial charge in [0.05, 0.1) is 23.9 Å². The van der Waals surface area contributed by atoms with Crippen LogP contribution in [0, 0.1) is 24.0 Å². The first-order valence-corrected chi connectivity index (χ1v) is 14.2. The first-order chi connectivity index (χ1) is 19.2. The number of aromatic amines is 1. The zero-order valence-electron chi connectivity index (χ0n) is 22.8. The van der Waals surface area contributed by atoms with Crippen LogP contribution in [0.1, 0.15) is 31.2 Å². The minimum atomic E-state index is -0.760. The third-order valence-electron chi connectivity index (χ3n) is 8.67. The molecule has 1 aliphatic carbocycles. The van der Waals surface area contributed by atoms with Crippen LogP contribution in [0.25, 0.3) is 32.9 Å². The van der Waals surface area contributed by atoms with Gasteiger partial charge in [-0.25, -0.2) is 8.78 Å². The first kappa shape index (κ1) is 25.9. The van der Waals surface area contributed by atoms with Crippen LogP contribution in [-0.4, -0.2) is 77.5 Å². The highest BCUT2D eigenvalue weighted by molar-refractivity contribution is 6.33. The lowest BCUT2D eigenvalue weighted by molar-refractivity contribution is 0.183. The molecule has 0 amide bonds. The van der Waals surface area contributed by atoms with Gasteiger partial charge in [0.2, 0.25) is 0 Å². The quantitative estimate of drug-likeness (QED) is 0.322. The highest BCUT2D eigenvalue weighted by Crippen LogP contribution is 2.46. The van der Waals surface area contributed by atoms with Crippen molar-refractivity contribution < 1.29 is 13.5 Å². The van der Waals surface area contributed by atoms with E-state index in [0.29, 0.717) is 70.0 Å². The van der Waals surface area contributed by atoms with Crippen molar-refractivity contribution in [1.82, 2.24) is 30.4 Å². The molecular weight excluding hydrogens is 536 g/mol. The fourth-order valence-electron chi connectivity index (χ4n) is 6.56. The normalized spacial score (nSPS) is 21.6. The lowest BCUT2D eigenvalue weighted by atomic mass is 9.94. The van der Waals surface area contributed by atoms with Gasteiger partial charge in [-0.3, -0.25) is 5.10 Å². The molecule has 40 heavy (non-hydrogen) atoms. The maximum atomic E-state index is 16.6. The van der Waals surface area contributed by atoms with Crippen LogP contribution in [0.15, 0.2) is 18.3 Å². The molecule has 3 fully saturated rings. The number of benzene rings is 2. The average Bonchev–Trinajstić information content (AvgIpc) is 3.36. The van der Waals surface area contributed by atoms with Gasteiger partial charge in [0.1, 0.15) is 17.2 Å². The molecule has 0 spiro atoms. The maximum absolute atomic E-state index is 16.6. The second-order valence-electron chi connectivity index (χ2n) is 12.0. The Kier molecular flexibility index (Phi) is 6.14. The largest absolute Gasteiger partial charge is 0.463 e. The SMILES string of the molecule is Cc1c(Cl)cc2[nH]ncc2c1-c1c(F)cc2c(N3CC4CCC(C3)N4)nc(OCC3(CN(C)C)CC3)nc2c1F. The number of ether oxygens (including phenoxy) is 1. The highest BCUT2D eigenvalue weighted by atomic mass is 35.5. The minimum absolute atomic E-state index is 0.0377. The van der Waals surface area contributed by atoms with Crippen molar-refractivity contribution in [1.29, 1.82) is 0 Å². The van der Waals surface area contributed by atoms with Gasteiger partial charge in [0.25, 0.3) is 0 Å². The fourth-order valence-corrected chi connectivity index (χ4v) is 6.77. The molecule has 4 aromatic rings. The third-order valence-corrected chi connectivity index (χ3v) is 9.06. The van der Waals surface area contributed by atoms with Gasteiger partial charge in [0, 0.05) is 58.5 Å². The Morgan fingerprint density at radius 1 is 1.10 bits per heavy atom. The molecule has 2 aromatic heterocycles. The number of piperazine rings is 1. The van der Waals surface area contributed by atoms with Crippen LogP contribution in [0.5, 0.6) is 6.01 Å². The van der Waals surface area contributed by atoms with E-state index in [1.54, 1.807) is 19.2 Å². The smallest absolute Gasteiger partial charge is 0.319 e. The van der Waals surface area contributed by atoms with E-state index in [4.69, 9.17) is 21.3 Å². The zero-order valence-corrected chi connectivity index (χ0v) is 23.6. The summed E-state index contributed by atoms with van der Waals surface area (Å²) in [6.45, 7) is 4.51. The Balaban J connectivity index is 1.39. The molecular formula is C29H32ClF2N7O. The summed E-state index contributed by atoms with van der Waals surface area (Å²) in [5.74, 6) is -0.946. The van der Waals surface area contributed by atoms with Crippen molar-refractivity contribution in [3.05, 3.63) is 40.6 Å². The molecule has 2 N–H and O–H groups in total. The predicted molar refractivity (Wildman–Crippen MR) is 152 cm³/mol. The Morgan fingerprint density at radius 2 is 1.85 bits per heavy atom.